The van der Waals surface area contributed by atoms with Crippen molar-refractivity contribution in [3.8, 4) is 0 Å². The van der Waals surface area contributed by atoms with Gasteiger partial charge in [0.25, 0.3) is 0 Å². The lowest BCUT2D eigenvalue weighted by atomic mass is 10.1. The molecule has 0 aromatic rings. The molecule has 0 amide bonds. The minimum Gasteiger partial charge on any atom is -0.481 e. The number of rotatable bonds is 4. The molecule has 0 saturated heterocycles. The first-order valence-corrected chi connectivity index (χ1v) is 4.95. The van der Waals surface area contributed by atoms with E-state index in [9.17, 15) is 9.59 Å². The molecule has 2 atom stereocenters. The van der Waals surface area contributed by atoms with E-state index in [2.05, 4.69) is 0 Å². The minimum absolute atomic E-state index is 0.165. The average molecular weight is 233 g/mol. The predicted molar refractivity (Wildman–Crippen MR) is 54.6 cm³/mol. The van der Waals surface area contributed by atoms with Gasteiger partial charge in [0.15, 0.2) is 0 Å². The molecule has 1 fully saturated rings. The molecule has 0 heterocycles. The molecule has 5 heteroatoms. The molecule has 0 aromatic carbocycles. The number of carboxylic acids is 2. The summed E-state index contributed by atoms with van der Waals surface area (Å²) in [6.45, 7) is 3.66. The lowest BCUT2D eigenvalue weighted by molar-refractivity contribution is -0.139. The van der Waals surface area contributed by atoms with Gasteiger partial charge in [0.1, 0.15) is 0 Å². The van der Waals surface area contributed by atoms with Gasteiger partial charge in [-0.3, -0.25) is 9.59 Å². The maximum Gasteiger partial charge on any atom is 0.308 e. The van der Waals surface area contributed by atoms with Crippen LogP contribution in [0.25, 0.3) is 0 Å². The number of carboxylic acid groups (broad SMARTS) is 2. The minimum atomic E-state index is -1.01. The van der Waals surface area contributed by atoms with Gasteiger partial charge in [0.05, 0.1) is 12.3 Å². The summed E-state index contributed by atoms with van der Waals surface area (Å²) in [7, 11) is 0. The first-order chi connectivity index (χ1) is 6.76. The molecule has 2 N–H and O–H groups in total. The lowest BCUT2D eigenvalue weighted by Crippen LogP contribution is -2.03. The number of allylic oxidation sites excluding steroid dienone is 1. The van der Waals surface area contributed by atoms with Gasteiger partial charge in [-0.2, -0.15) is 0 Å². The molecule has 1 aliphatic rings. The number of hydrogen-bond acceptors (Lipinski definition) is 2. The molecular formula is C10H13ClO4. The molecular weight excluding hydrogens is 220 g/mol. The summed E-state index contributed by atoms with van der Waals surface area (Å²) in [6.07, 6.45) is 1.30. The van der Waals surface area contributed by atoms with E-state index in [1.165, 1.54) is 0 Å². The van der Waals surface area contributed by atoms with E-state index in [4.69, 9.17) is 21.8 Å². The van der Waals surface area contributed by atoms with Crippen LogP contribution in [0.1, 0.15) is 20.3 Å². The third-order valence-electron chi connectivity index (χ3n) is 2.86. The van der Waals surface area contributed by atoms with Gasteiger partial charge < -0.3 is 10.2 Å². The first-order valence-electron chi connectivity index (χ1n) is 4.57. The van der Waals surface area contributed by atoms with Crippen molar-refractivity contribution in [2.45, 2.75) is 20.3 Å². The summed E-state index contributed by atoms with van der Waals surface area (Å²) in [5.74, 6) is -2.50. The smallest absolute Gasteiger partial charge is 0.308 e. The van der Waals surface area contributed by atoms with E-state index < -0.39 is 17.9 Å². The molecule has 2 unspecified atom stereocenters. The van der Waals surface area contributed by atoms with Crippen molar-refractivity contribution in [3.63, 3.8) is 0 Å². The topological polar surface area (TPSA) is 74.6 Å². The standard InChI is InChI=1S/C10H13ClO4/c1-10(2)6(8(10)9(14)15)3-5(11)4-7(12)13/h3,6,8H,4H2,1-2H3,(H,12,13)(H,14,15). The van der Waals surface area contributed by atoms with Gasteiger partial charge in [-0.1, -0.05) is 31.5 Å². The van der Waals surface area contributed by atoms with Crippen LogP contribution >= 0.6 is 11.6 Å². The number of carbonyl (C=O) groups is 2. The van der Waals surface area contributed by atoms with E-state index in [0.29, 0.717) is 0 Å². The van der Waals surface area contributed by atoms with E-state index >= 15 is 0 Å². The average Bonchev–Trinajstić information content (AvgIpc) is 2.50. The SMILES string of the molecule is CC1(C)C(C=C(Cl)CC(=O)O)C1C(=O)O. The molecule has 1 aliphatic carbocycles. The zero-order chi connectivity index (χ0) is 11.8. The van der Waals surface area contributed by atoms with E-state index in [1.807, 2.05) is 13.8 Å². The number of halogens is 1. The number of aliphatic carboxylic acids is 2. The molecule has 0 radical (unpaired) electrons. The molecule has 1 saturated carbocycles. The van der Waals surface area contributed by atoms with Crippen LogP contribution in [0.4, 0.5) is 0 Å². The fourth-order valence-corrected chi connectivity index (χ4v) is 2.11. The predicted octanol–water partition coefficient (Wildman–Crippen LogP) is 1.94. The largest absolute Gasteiger partial charge is 0.481 e. The maximum atomic E-state index is 10.8. The van der Waals surface area contributed by atoms with Gasteiger partial charge in [0.2, 0.25) is 0 Å². The Morgan fingerprint density at radius 3 is 2.27 bits per heavy atom. The highest BCUT2D eigenvalue weighted by atomic mass is 35.5. The second-order valence-corrected chi connectivity index (χ2v) is 4.83. The van der Waals surface area contributed by atoms with E-state index in [-0.39, 0.29) is 22.8 Å². The van der Waals surface area contributed by atoms with Crippen molar-refractivity contribution in [3.05, 3.63) is 11.1 Å². The van der Waals surface area contributed by atoms with Crippen LogP contribution in [0.5, 0.6) is 0 Å². The van der Waals surface area contributed by atoms with Gasteiger partial charge in [-0.15, -0.1) is 0 Å². The Kier molecular flexibility index (Phi) is 3.09. The number of hydrogen-bond donors (Lipinski definition) is 2. The van der Waals surface area contributed by atoms with Crippen molar-refractivity contribution < 1.29 is 19.8 Å². The monoisotopic (exact) mass is 232 g/mol. The Hall–Kier alpha value is -1.03. The third-order valence-corrected chi connectivity index (χ3v) is 3.12. The van der Waals surface area contributed by atoms with Crippen molar-refractivity contribution in [1.82, 2.24) is 0 Å². The van der Waals surface area contributed by atoms with Crippen molar-refractivity contribution in [1.29, 1.82) is 0 Å². The van der Waals surface area contributed by atoms with Crippen molar-refractivity contribution >= 4 is 23.5 Å². The Morgan fingerprint density at radius 1 is 1.40 bits per heavy atom. The van der Waals surface area contributed by atoms with Gasteiger partial charge in [0, 0.05) is 5.03 Å². The highest BCUT2D eigenvalue weighted by Gasteiger charge is 2.60. The molecule has 1 rings (SSSR count). The second-order valence-electron chi connectivity index (χ2n) is 4.35. The second kappa shape index (κ2) is 3.85. The first kappa shape index (κ1) is 12.0. The molecule has 4 nitrogen and oxygen atoms in total. The molecule has 0 spiro atoms. The quantitative estimate of drug-likeness (QED) is 0.777. The summed E-state index contributed by atoms with van der Waals surface area (Å²) in [5, 5.41) is 17.5. The van der Waals surface area contributed by atoms with Crippen LogP contribution in [0.15, 0.2) is 11.1 Å². The summed E-state index contributed by atoms with van der Waals surface area (Å²) >= 11 is 5.70. The molecule has 0 aliphatic heterocycles. The molecule has 0 aromatic heterocycles. The van der Waals surface area contributed by atoms with Gasteiger partial charge in [-0.05, 0) is 11.3 Å². The lowest BCUT2D eigenvalue weighted by Gasteiger charge is -1.97. The zero-order valence-electron chi connectivity index (χ0n) is 8.53. The molecule has 0 bridgehead atoms. The normalized spacial score (nSPS) is 28.6. The van der Waals surface area contributed by atoms with Crippen LogP contribution < -0.4 is 0 Å². The Morgan fingerprint density at radius 2 is 1.93 bits per heavy atom. The highest BCUT2D eigenvalue weighted by Crippen LogP contribution is 2.59. The Balaban J connectivity index is 2.69. The molecule has 15 heavy (non-hydrogen) atoms. The maximum absolute atomic E-state index is 10.8. The fourth-order valence-electron chi connectivity index (χ4n) is 1.86. The summed E-state index contributed by atoms with van der Waals surface area (Å²) in [6, 6.07) is 0. The van der Waals surface area contributed by atoms with Crippen LogP contribution in [-0.4, -0.2) is 22.2 Å². The van der Waals surface area contributed by atoms with Crippen molar-refractivity contribution in [2.75, 3.05) is 0 Å². The van der Waals surface area contributed by atoms with Crippen LogP contribution in [0, 0.1) is 17.3 Å². The Bertz CT molecular complexity index is 332. The third kappa shape index (κ3) is 2.50. The molecule has 84 valence electrons. The fraction of sp³-hybridized carbons (Fsp3) is 0.600. The Labute approximate surface area is 92.5 Å². The van der Waals surface area contributed by atoms with Gasteiger partial charge >= 0.3 is 11.9 Å². The van der Waals surface area contributed by atoms with Crippen LogP contribution in [0.3, 0.4) is 0 Å². The van der Waals surface area contributed by atoms with E-state index in [1.54, 1.807) is 6.08 Å². The summed E-state index contributed by atoms with van der Waals surface area (Å²) < 4.78 is 0. The van der Waals surface area contributed by atoms with Crippen LogP contribution in [0.2, 0.25) is 0 Å². The summed E-state index contributed by atoms with van der Waals surface area (Å²) in [4.78, 5) is 21.1. The van der Waals surface area contributed by atoms with E-state index in [0.717, 1.165) is 0 Å². The highest BCUT2D eigenvalue weighted by molar-refractivity contribution is 6.30. The van der Waals surface area contributed by atoms with Gasteiger partial charge in [-0.25, -0.2) is 0 Å². The summed E-state index contributed by atoms with van der Waals surface area (Å²) in [5.41, 5.74) is -0.329. The zero-order valence-corrected chi connectivity index (χ0v) is 9.28. The van der Waals surface area contributed by atoms with Crippen LogP contribution in [-0.2, 0) is 9.59 Å². The van der Waals surface area contributed by atoms with Crippen molar-refractivity contribution in [2.24, 2.45) is 17.3 Å².